The molecule has 12 heteroatoms. The van der Waals surface area contributed by atoms with Gasteiger partial charge in [-0.15, -0.1) is 0 Å². The number of halogens is 3. The first-order chi connectivity index (χ1) is 16.4. The minimum Gasteiger partial charge on any atom is -0.394 e. The normalized spacial score (nSPS) is 11.6. The van der Waals surface area contributed by atoms with Crippen LogP contribution in [-0.2, 0) is 0 Å². The number of nitrogens with one attached hydrogen (secondary N) is 3. The van der Waals surface area contributed by atoms with Gasteiger partial charge in [-0.05, 0) is 35.9 Å². The van der Waals surface area contributed by atoms with E-state index < -0.39 is 17.9 Å². The van der Waals surface area contributed by atoms with Crippen LogP contribution in [0.5, 0.6) is 0 Å². The van der Waals surface area contributed by atoms with Gasteiger partial charge in [-0.2, -0.15) is 10.1 Å². The molecule has 2 heterocycles. The van der Waals surface area contributed by atoms with Crippen molar-refractivity contribution in [3.63, 3.8) is 0 Å². The SMILES string of the molecule is O=C(Nc1cnn(-c2ccnc(Nc3ccc(F)cc3Cl)n2)c1)NC(CO)c1cccc(Cl)c1. The maximum Gasteiger partial charge on any atom is 0.319 e. The molecule has 0 saturated heterocycles. The molecule has 0 radical (unpaired) electrons. The fraction of sp³-hybridized carbons (Fsp3) is 0.0909. The van der Waals surface area contributed by atoms with Gasteiger partial charge in [0.25, 0.3) is 0 Å². The van der Waals surface area contributed by atoms with E-state index in [0.29, 0.717) is 27.8 Å². The number of aliphatic hydroxyl groups is 1. The molecule has 1 unspecified atom stereocenters. The van der Waals surface area contributed by atoms with E-state index in [4.69, 9.17) is 23.2 Å². The van der Waals surface area contributed by atoms with Gasteiger partial charge in [-0.1, -0.05) is 35.3 Å². The molecule has 0 aliphatic rings. The van der Waals surface area contributed by atoms with E-state index in [1.54, 1.807) is 36.5 Å². The van der Waals surface area contributed by atoms with Crippen LogP contribution in [0.25, 0.3) is 5.82 Å². The maximum atomic E-state index is 13.2. The summed E-state index contributed by atoms with van der Waals surface area (Å²) >= 11 is 12.0. The van der Waals surface area contributed by atoms with Crippen LogP contribution in [0, 0.1) is 5.82 Å². The average molecular weight is 502 g/mol. The summed E-state index contributed by atoms with van der Waals surface area (Å²) in [6.45, 7) is -0.304. The number of benzene rings is 2. The van der Waals surface area contributed by atoms with Gasteiger partial charge in [0.15, 0.2) is 5.82 Å². The second-order valence-electron chi connectivity index (χ2n) is 7.05. The Labute approximate surface area is 203 Å². The number of aliphatic hydroxyl groups excluding tert-OH is 1. The van der Waals surface area contributed by atoms with E-state index in [1.807, 2.05) is 0 Å². The van der Waals surface area contributed by atoms with Gasteiger partial charge in [0, 0.05) is 17.3 Å². The second-order valence-corrected chi connectivity index (χ2v) is 7.89. The lowest BCUT2D eigenvalue weighted by atomic mass is 10.1. The predicted octanol–water partition coefficient (Wildman–Crippen LogP) is 4.71. The zero-order chi connectivity index (χ0) is 24.1. The van der Waals surface area contributed by atoms with Crippen molar-refractivity contribution >= 4 is 46.6 Å². The Bertz CT molecular complexity index is 1320. The summed E-state index contributed by atoms with van der Waals surface area (Å²) in [5, 5.41) is 22.8. The summed E-state index contributed by atoms with van der Waals surface area (Å²) in [6.07, 6.45) is 4.52. The van der Waals surface area contributed by atoms with Gasteiger partial charge in [0.2, 0.25) is 5.95 Å². The van der Waals surface area contributed by atoms with E-state index in [-0.39, 0.29) is 17.6 Å². The van der Waals surface area contributed by atoms with Crippen LogP contribution in [0.15, 0.2) is 67.1 Å². The average Bonchev–Trinajstić information content (AvgIpc) is 3.28. The molecule has 0 bridgehead atoms. The first kappa shape index (κ1) is 23.4. The van der Waals surface area contributed by atoms with Gasteiger partial charge >= 0.3 is 6.03 Å². The molecule has 2 amide bonds. The van der Waals surface area contributed by atoms with Crippen LogP contribution in [0.3, 0.4) is 0 Å². The molecular formula is C22H18Cl2FN7O2. The third-order valence-electron chi connectivity index (χ3n) is 4.63. The standard InChI is InChI=1S/C22H18Cl2FN7O2/c23-14-3-1-2-13(8-14)19(12-33)30-22(34)28-16-10-27-32(11-16)20-6-7-26-21(31-20)29-18-5-4-15(25)9-17(18)24/h1-11,19,33H,12H2,(H,26,29,31)(H2,28,30,34). The molecule has 0 saturated carbocycles. The number of amides is 2. The molecule has 2 aromatic carbocycles. The quantitative estimate of drug-likeness (QED) is 0.291. The van der Waals surface area contributed by atoms with Crippen molar-refractivity contribution in [2.75, 3.05) is 17.2 Å². The molecule has 174 valence electrons. The van der Waals surface area contributed by atoms with Crippen LogP contribution >= 0.6 is 23.2 Å². The molecule has 0 fully saturated rings. The summed E-state index contributed by atoms with van der Waals surface area (Å²) in [7, 11) is 0. The first-order valence-electron chi connectivity index (χ1n) is 9.95. The van der Waals surface area contributed by atoms with Crippen molar-refractivity contribution in [3.8, 4) is 5.82 Å². The molecule has 0 aliphatic carbocycles. The molecule has 4 aromatic rings. The van der Waals surface area contributed by atoms with Gasteiger partial charge in [-0.3, -0.25) is 0 Å². The number of carbonyl (C=O) groups excluding carboxylic acids is 1. The van der Waals surface area contributed by atoms with E-state index in [2.05, 4.69) is 31.0 Å². The number of anilines is 3. The number of rotatable bonds is 7. The van der Waals surface area contributed by atoms with Crippen LogP contribution in [0.1, 0.15) is 11.6 Å². The Hall–Kier alpha value is -3.73. The lowest BCUT2D eigenvalue weighted by Gasteiger charge is -2.17. The number of nitrogens with zero attached hydrogens (tertiary/aromatic N) is 4. The molecule has 34 heavy (non-hydrogen) atoms. The molecule has 2 aromatic heterocycles. The second kappa shape index (κ2) is 10.5. The summed E-state index contributed by atoms with van der Waals surface area (Å²) in [5.74, 6) is 0.182. The minimum atomic E-state index is -0.637. The van der Waals surface area contributed by atoms with Crippen LogP contribution in [0.4, 0.5) is 26.5 Å². The first-order valence-corrected chi connectivity index (χ1v) is 10.7. The zero-order valence-electron chi connectivity index (χ0n) is 17.4. The number of aromatic nitrogens is 4. The van der Waals surface area contributed by atoms with E-state index >= 15 is 0 Å². The summed E-state index contributed by atoms with van der Waals surface area (Å²) < 4.78 is 14.7. The van der Waals surface area contributed by atoms with Crippen molar-refractivity contribution in [1.29, 1.82) is 0 Å². The molecule has 0 aliphatic heterocycles. The van der Waals surface area contributed by atoms with Gasteiger partial charge in [0.05, 0.1) is 41.4 Å². The third kappa shape index (κ3) is 5.79. The summed E-state index contributed by atoms with van der Waals surface area (Å²) in [4.78, 5) is 20.9. The highest BCUT2D eigenvalue weighted by molar-refractivity contribution is 6.33. The zero-order valence-corrected chi connectivity index (χ0v) is 18.9. The van der Waals surface area contributed by atoms with Crippen LogP contribution in [0.2, 0.25) is 10.0 Å². The van der Waals surface area contributed by atoms with E-state index in [0.717, 1.165) is 0 Å². The maximum absolute atomic E-state index is 13.2. The number of urea groups is 1. The number of hydrogen-bond donors (Lipinski definition) is 4. The number of carbonyl (C=O) groups is 1. The third-order valence-corrected chi connectivity index (χ3v) is 5.18. The van der Waals surface area contributed by atoms with Crippen molar-refractivity contribution in [1.82, 2.24) is 25.1 Å². The molecule has 0 spiro atoms. The van der Waals surface area contributed by atoms with Crippen molar-refractivity contribution in [2.24, 2.45) is 0 Å². The minimum absolute atomic E-state index is 0.185. The smallest absolute Gasteiger partial charge is 0.319 e. The Morgan fingerprint density at radius 1 is 1.18 bits per heavy atom. The molecule has 4 rings (SSSR count). The van der Waals surface area contributed by atoms with Crippen LogP contribution in [-0.4, -0.2) is 37.5 Å². The fourth-order valence-corrected chi connectivity index (χ4v) is 3.46. The highest BCUT2D eigenvalue weighted by Crippen LogP contribution is 2.25. The molecular weight excluding hydrogens is 484 g/mol. The van der Waals surface area contributed by atoms with Crippen molar-refractivity contribution in [2.45, 2.75) is 6.04 Å². The highest BCUT2D eigenvalue weighted by Gasteiger charge is 2.15. The Morgan fingerprint density at radius 3 is 2.79 bits per heavy atom. The Morgan fingerprint density at radius 2 is 2.03 bits per heavy atom. The topological polar surface area (TPSA) is 117 Å². The Balaban J connectivity index is 1.43. The monoisotopic (exact) mass is 501 g/mol. The molecule has 4 N–H and O–H groups in total. The molecule has 1 atom stereocenters. The number of hydrogen-bond acceptors (Lipinski definition) is 6. The van der Waals surface area contributed by atoms with Crippen LogP contribution < -0.4 is 16.0 Å². The van der Waals surface area contributed by atoms with E-state index in [1.165, 1.54) is 35.3 Å². The summed E-state index contributed by atoms with van der Waals surface area (Å²) in [5.41, 5.74) is 1.51. The fourth-order valence-electron chi connectivity index (χ4n) is 3.04. The van der Waals surface area contributed by atoms with E-state index in [9.17, 15) is 14.3 Å². The summed E-state index contributed by atoms with van der Waals surface area (Å²) in [6, 6.07) is 11.2. The Kier molecular flexibility index (Phi) is 7.21. The largest absolute Gasteiger partial charge is 0.394 e. The highest BCUT2D eigenvalue weighted by atomic mass is 35.5. The van der Waals surface area contributed by atoms with Gasteiger partial charge < -0.3 is 21.1 Å². The lowest BCUT2D eigenvalue weighted by Crippen LogP contribution is -2.34. The van der Waals surface area contributed by atoms with Gasteiger partial charge in [0.1, 0.15) is 5.82 Å². The van der Waals surface area contributed by atoms with Crippen molar-refractivity contribution in [3.05, 3.63) is 88.5 Å². The molecule has 9 nitrogen and oxygen atoms in total. The lowest BCUT2D eigenvalue weighted by molar-refractivity contribution is 0.225. The predicted molar refractivity (Wildman–Crippen MR) is 127 cm³/mol. The van der Waals surface area contributed by atoms with Crippen molar-refractivity contribution < 1.29 is 14.3 Å². The van der Waals surface area contributed by atoms with Gasteiger partial charge in [-0.25, -0.2) is 18.9 Å².